The third kappa shape index (κ3) is 4.52. The zero-order valence-corrected chi connectivity index (χ0v) is 11.3. The lowest BCUT2D eigenvalue weighted by atomic mass is 10.1. The van der Waals surface area contributed by atoms with Crippen LogP contribution >= 0.6 is 0 Å². The summed E-state index contributed by atoms with van der Waals surface area (Å²) < 4.78 is 10.8. The number of carbonyl (C=O) groups is 1. The van der Waals surface area contributed by atoms with Crippen molar-refractivity contribution < 1.29 is 14.3 Å². The van der Waals surface area contributed by atoms with Gasteiger partial charge in [-0.05, 0) is 37.3 Å². The molecule has 1 atom stereocenters. The molecule has 0 spiro atoms. The fourth-order valence-corrected chi connectivity index (χ4v) is 2.12. The second-order valence-corrected chi connectivity index (χ2v) is 4.81. The molecular weight excluding hydrogens is 240 g/mol. The third-order valence-corrected chi connectivity index (χ3v) is 3.25. The fraction of sp³-hybridized carbons (Fsp3) is 0.438. The molecule has 3 heteroatoms. The second kappa shape index (κ2) is 7.10. The van der Waals surface area contributed by atoms with Crippen molar-refractivity contribution in [3.05, 3.63) is 42.0 Å². The van der Waals surface area contributed by atoms with Crippen molar-refractivity contribution in [1.29, 1.82) is 0 Å². The molecule has 0 saturated carbocycles. The fourth-order valence-electron chi connectivity index (χ4n) is 2.12. The van der Waals surface area contributed by atoms with Crippen molar-refractivity contribution in [3.8, 4) is 0 Å². The molecule has 3 nitrogen and oxygen atoms in total. The molecular formula is C16H20O3. The number of benzene rings is 1. The molecule has 0 amide bonds. The Morgan fingerprint density at radius 2 is 2.16 bits per heavy atom. The SMILES string of the molecule is C/C(=C/C(=O)OCC1CCCCO1)c1ccccc1. The highest BCUT2D eigenvalue weighted by Crippen LogP contribution is 2.14. The number of carbonyl (C=O) groups excluding carboxylic acids is 1. The Morgan fingerprint density at radius 3 is 2.84 bits per heavy atom. The molecule has 1 aliphatic heterocycles. The van der Waals surface area contributed by atoms with E-state index in [4.69, 9.17) is 9.47 Å². The average Bonchev–Trinajstić information content (AvgIpc) is 2.47. The summed E-state index contributed by atoms with van der Waals surface area (Å²) in [4.78, 5) is 11.7. The minimum atomic E-state index is -0.296. The standard InChI is InChI=1S/C16H20O3/c1-13(14-7-3-2-4-8-14)11-16(17)19-12-15-9-5-6-10-18-15/h2-4,7-8,11,15H,5-6,9-10,12H2,1H3/b13-11-. The lowest BCUT2D eigenvalue weighted by Crippen LogP contribution is -2.25. The largest absolute Gasteiger partial charge is 0.460 e. The molecule has 1 saturated heterocycles. The van der Waals surface area contributed by atoms with E-state index in [1.54, 1.807) is 0 Å². The topological polar surface area (TPSA) is 35.5 Å². The summed E-state index contributed by atoms with van der Waals surface area (Å²) >= 11 is 0. The summed E-state index contributed by atoms with van der Waals surface area (Å²) in [5, 5.41) is 0. The predicted octanol–water partition coefficient (Wildman–Crippen LogP) is 3.20. The molecule has 0 N–H and O–H groups in total. The normalized spacial score (nSPS) is 20.1. The van der Waals surface area contributed by atoms with Crippen LogP contribution in [0.2, 0.25) is 0 Å². The summed E-state index contributed by atoms with van der Waals surface area (Å²) in [5.74, 6) is -0.296. The van der Waals surface area contributed by atoms with Crippen LogP contribution in [0.1, 0.15) is 31.7 Å². The Hall–Kier alpha value is -1.61. The van der Waals surface area contributed by atoms with Crippen molar-refractivity contribution in [2.75, 3.05) is 13.2 Å². The maximum absolute atomic E-state index is 11.7. The first-order chi connectivity index (χ1) is 9.25. The van der Waals surface area contributed by atoms with Gasteiger partial charge < -0.3 is 9.47 Å². The molecule has 1 heterocycles. The van der Waals surface area contributed by atoms with Crippen molar-refractivity contribution in [2.24, 2.45) is 0 Å². The van der Waals surface area contributed by atoms with E-state index in [0.717, 1.165) is 37.0 Å². The number of esters is 1. The van der Waals surface area contributed by atoms with Gasteiger partial charge in [-0.1, -0.05) is 30.3 Å². The van der Waals surface area contributed by atoms with E-state index in [1.807, 2.05) is 37.3 Å². The molecule has 0 aromatic heterocycles. The highest BCUT2D eigenvalue weighted by Gasteiger charge is 2.15. The van der Waals surface area contributed by atoms with Gasteiger partial charge in [0.15, 0.2) is 0 Å². The predicted molar refractivity (Wildman–Crippen MR) is 74.6 cm³/mol. The Balaban J connectivity index is 1.83. The van der Waals surface area contributed by atoms with Crippen LogP contribution in [0.15, 0.2) is 36.4 Å². The van der Waals surface area contributed by atoms with Crippen LogP contribution in [0.4, 0.5) is 0 Å². The molecule has 1 aromatic rings. The van der Waals surface area contributed by atoms with Gasteiger partial charge in [-0.25, -0.2) is 4.79 Å². The van der Waals surface area contributed by atoms with Gasteiger partial charge in [0.05, 0.1) is 6.10 Å². The summed E-state index contributed by atoms with van der Waals surface area (Å²) in [6.07, 6.45) is 4.86. The van der Waals surface area contributed by atoms with E-state index in [1.165, 1.54) is 6.08 Å². The molecule has 2 rings (SSSR count). The van der Waals surface area contributed by atoms with Crippen LogP contribution < -0.4 is 0 Å². The zero-order valence-electron chi connectivity index (χ0n) is 11.3. The van der Waals surface area contributed by atoms with E-state index in [9.17, 15) is 4.79 Å². The Kier molecular flexibility index (Phi) is 5.16. The zero-order chi connectivity index (χ0) is 13.5. The third-order valence-electron chi connectivity index (χ3n) is 3.25. The van der Waals surface area contributed by atoms with Gasteiger partial charge in [0.1, 0.15) is 6.61 Å². The second-order valence-electron chi connectivity index (χ2n) is 4.81. The summed E-state index contributed by atoms with van der Waals surface area (Å²) in [5.41, 5.74) is 1.95. The van der Waals surface area contributed by atoms with Crippen LogP contribution in [-0.4, -0.2) is 25.3 Å². The number of ether oxygens (including phenoxy) is 2. The minimum Gasteiger partial charge on any atom is -0.460 e. The maximum Gasteiger partial charge on any atom is 0.331 e. The van der Waals surface area contributed by atoms with E-state index in [2.05, 4.69) is 0 Å². The molecule has 1 aliphatic rings. The van der Waals surface area contributed by atoms with Crippen molar-refractivity contribution in [3.63, 3.8) is 0 Å². The maximum atomic E-state index is 11.7. The average molecular weight is 260 g/mol. The summed E-state index contributed by atoms with van der Waals surface area (Å²) in [7, 11) is 0. The van der Waals surface area contributed by atoms with Gasteiger partial charge in [0.2, 0.25) is 0 Å². The first-order valence-electron chi connectivity index (χ1n) is 6.78. The van der Waals surface area contributed by atoms with Crippen LogP contribution in [-0.2, 0) is 14.3 Å². The monoisotopic (exact) mass is 260 g/mol. The van der Waals surface area contributed by atoms with Crippen molar-refractivity contribution in [1.82, 2.24) is 0 Å². The van der Waals surface area contributed by atoms with Crippen molar-refractivity contribution in [2.45, 2.75) is 32.3 Å². The van der Waals surface area contributed by atoms with E-state index >= 15 is 0 Å². The molecule has 0 radical (unpaired) electrons. The molecule has 1 unspecified atom stereocenters. The Labute approximate surface area is 114 Å². The molecule has 102 valence electrons. The Morgan fingerprint density at radius 1 is 1.37 bits per heavy atom. The minimum absolute atomic E-state index is 0.0723. The number of rotatable bonds is 4. The summed E-state index contributed by atoms with van der Waals surface area (Å²) in [6, 6.07) is 9.81. The van der Waals surface area contributed by atoms with Gasteiger partial charge in [0.25, 0.3) is 0 Å². The van der Waals surface area contributed by atoms with Gasteiger partial charge in [-0.2, -0.15) is 0 Å². The lowest BCUT2D eigenvalue weighted by Gasteiger charge is -2.21. The van der Waals surface area contributed by atoms with E-state index in [0.29, 0.717) is 6.61 Å². The molecule has 1 fully saturated rings. The van der Waals surface area contributed by atoms with Gasteiger partial charge in [-0.15, -0.1) is 0 Å². The van der Waals surface area contributed by atoms with E-state index in [-0.39, 0.29) is 12.1 Å². The first kappa shape index (κ1) is 13.8. The summed E-state index contributed by atoms with van der Waals surface area (Å²) in [6.45, 7) is 3.05. The van der Waals surface area contributed by atoms with Crippen LogP contribution in [0, 0.1) is 0 Å². The van der Waals surface area contributed by atoms with Crippen LogP contribution in [0.3, 0.4) is 0 Å². The van der Waals surface area contributed by atoms with Gasteiger partial charge >= 0.3 is 5.97 Å². The van der Waals surface area contributed by atoms with Gasteiger partial charge in [0, 0.05) is 12.7 Å². The number of hydrogen-bond donors (Lipinski definition) is 0. The highest BCUT2D eigenvalue weighted by molar-refractivity contribution is 5.90. The van der Waals surface area contributed by atoms with Gasteiger partial charge in [-0.3, -0.25) is 0 Å². The first-order valence-corrected chi connectivity index (χ1v) is 6.78. The van der Waals surface area contributed by atoms with Crippen LogP contribution in [0.5, 0.6) is 0 Å². The van der Waals surface area contributed by atoms with Crippen molar-refractivity contribution >= 4 is 11.5 Å². The number of hydrogen-bond acceptors (Lipinski definition) is 3. The highest BCUT2D eigenvalue weighted by atomic mass is 16.6. The molecule has 0 aliphatic carbocycles. The smallest absolute Gasteiger partial charge is 0.331 e. The molecule has 1 aromatic carbocycles. The van der Waals surface area contributed by atoms with E-state index < -0.39 is 0 Å². The Bertz CT molecular complexity index is 431. The number of allylic oxidation sites excluding steroid dienone is 1. The molecule has 19 heavy (non-hydrogen) atoms. The lowest BCUT2D eigenvalue weighted by molar-refractivity contribution is -0.143. The quantitative estimate of drug-likeness (QED) is 0.616. The van der Waals surface area contributed by atoms with Crippen LogP contribution in [0.25, 0.3) is 5.57 Å². The molecule has 0 bridgehead atoms.